The third-order valence-electron chi connectivity index (χ3n) is 5.57. The number of methoxy groups -OCH3 is 1. The SMILES string of the molecule is COc1ccc(C2CCCC3C(S)SC(c4ccccc4)=CC23)cc1. The molecule has 0 radical (unpaired) electrons. The van der Waals surface area contributed by atoms with Crippen LogP contribution < -0.4 is 4.74 Å². The molecule has 0 saturated heterocycles. The number of hydrogen-bond acceptors (Lipinski definition) is 3. The Morgan fingerprint density at radius 3 is 2.48 bits per heavy atom. The highest BCUT2D eigenvalue weighted by molar-refractivity contribution is 8.16. The first-order valence-corrected chi connectivity index (χ1v) is 10.4. The van der Waals surface area contributed by atoms with E-state index in [9.17, 15) is 0 Å². The molecule has 0 aromatic heterocycles. The van der Waals surface area contributed by atoms with E-state index in [-0.39, 0.29) is 0 Å². The van der Waals surface area contributed by atoms with Crippen molar-refractivity contribution in [3.05, 3.63) is 71.8 Å². The summed E-state index contributed by atoms with van der Waals surface area (Å²) in [6, 6.07) is 19.4. The van der Waals surface area contributed by atoms with Crippen molar-refractivity contribution >= 4 is 29.3 Å². The van der Waals surface area contributed by atoms with E-state index in [0.717, 1.165) is 5.75 Å². The fraction of sp³-hybridized carbons (Fsp3) is 0.364. The first-order chi connectivity index (χ1) is 12.3. The third kappa shape index (κ3) is 3.50. The molecular weight excluding hydrogens is 344 g/mol. The van der Waals surface area contributed by atoms with Crippen LogP contribution in [0.3, 0.4) is 0 Å². The average Bonchev–Trinajstić information content (AvgIpc) is 2.68. The summed E-state index contributed by atoms with van der Waals surface area (Å²) in [5, 5.41) is 0. The monoisotopic (exact) mass is 368 g/mol. The number of ether oxygens (including phenoxy) is 1. The summed E-state index contributed by atoms with van der Waals surface area (Å²) >= 11 is 6.91. The Bertz CT molecular complexity index is 738. The van der Waals surface area contributed by atoms with Crippen molar-refractivity contribution in [1.29, 1.82) is 0 Å². The molecule has 0 amide bonds. The largest absolute Gasteiger partial charge is 0.497 e. The first kappa shape index (κ1) is 17.1. The summed E-state index contributed by atoms with van der Waals surface area (Å²) in [5.41, 5.74) is 2.76. The molecule has 2 aromatic rings. The van der Waals surface area contributed by atoms with Gasteiger partial charge in [-0.15, -0.1) is 11.8 Å². The molecule has 4 unspecified atom stereocenters. The van der Waals surface area contributed by atoms with Crippen LogP contribution >= 0.6 is 24.4 Å². The van der Waals surface area contributed by atoms with Crippen LogP contribution in [0.5, 0.6) is 5.75 Å². The molecule has 25 heavy (non-hydrogen) atoms. The normalized spacial score (nSPS) is 28.8. The van der Waals surface area contributed by atoms with Crippen LogP contribution in [0.1, 0.15) is 36.3 Å². The lowest BCUT2D eigenvalue weighted by Gasteiger charge is -2.43. The fourth-order valence-corrected chi connectivity index (χ4v) is 6.22. The molecule has 0 bridgehead atoms. The zero-order chi connectivity index (χ0) is 17.2. The van der Waals surface area contributed by atoms with Gasteiger partial charge in [0.05, 0.1) is 11.7 Å². The van der Waals surface area contributed by atoms with E-state index in [1.54, 1.807) is 7.11 Å². The van der Waals surface area contributed by atoms with Crippen molar-refractivity contribution in [2.24, 2.45) is 11.8 Å². The van der Waals surface area contributed by atoms with Gasteiger partial charge in [0.1, 0.15) is 5.75 Å². The number of hydrogen-bond donors (Lipinski definition) is 1. The Morgan fingerprint density at radius 1 is 1.00 bits per heavy atom. The molecule has 0 N–H and O–H groups in total. The quantitative estimate of drug-likeness (QED) is 0.642. The summed E-state index contributed by atoms with van der Waals surface area (Å²) in [6.07, 6.45) is 6.38. The summed E-state index contributed by atoms with van der Waals surface area (Å²) in [5.74, 6) is 2.74. The Hall–Kier alpha value is -1.32. The van der Waals surface area contributed by atoms with Crippen molar-refractivity contribution < 1.29 is 4.74 Å². The van der Waals surface area contributed by atoms with Gasteiger partial charge in [0, 0.05) is 4.91 Å². The zero-order valence-electron chi connectivity index (χ0n) is 14.5. The smallest absolute Gasteiger partial charge is 0.118 e. The van der Waals surface area contributed by atoms with Gasteiger partial charge in [-0.25, -0.2) is 0 Å². The van der Waals surface area contributed by atoms with Crippen molar-refractivity contribution in [1.82, 2.24) is 0 Å². The van der Waals surface area contributed by atoms with E-state index in [0.29, 0.717) is 22.3 Å². The molecule has 4 rings (SSSR count). The number of thioether (sulfide) groups is 1. The van der Waals surface area contributed by atoms with Gasteiger partial charge in [-0.1, -0.05) is 55.0 Å². The van der Waals surface area contributed by atoms with Gasteiger partial charge in [0.25, 0.3) is 0 Å². The lowest BCUT2D eigenvalue weighted by molar-refractivity contribution is 0.263. The molecule has 3 heteroatoms. The van der Waals surface area contributed by atoms with Gasteiger partial charge in [-0.3, -0.25) is 0 Å². The predicted octanol–water partition coefficient (Wildman–Crippen LogP) is 6.24. The number of allylic oxidation sites excluding steroid dienone is 1. The van der Waals surface area contributed by atoms with Gasteiger partial charge in [0.2, 0.25) is 0 Å². The molecule has 1 aliphatic heterocycles. The van der Waals surface area contributed by atoms with Crippen LogP contribution in [-0.4, -0.2) is 11.7 Å². The third-order valence-corrected chi connectivity index (χ3v) is 7.49. The van der Waals surface area contributed by atoms with Crippen LogP contribution in [0.25, 0.3) is 4.91 Å². The minimum absolute atomic E-state index is 0.381. The minimum Gasteiger partial charge on any atom is -0.497 e. The molecule has 1 aliphatic carbocycles. The topological polar surface area (TPSA) is 9.23 Å². The first-order valence-electron chi connectivity index (χ1n) is 9.02. The fourth-order valence-electron chi connectivity index (χ4n) is 4.27. The molecular formula is C22H24OS2. The van der Waals surface area contributed by atoms with Gasteiger partial charge >= 0.3 is 0 Å². The molecule has 2 aromatic carbocycles. The van der Waals surface area contributed by atoms with Gasteiger partial charge in [0.15, 0.2) is 0 Å². The summed E-state index contributed by atoms with van der Waals surface area (Å²) in [7, 11) is 1.73. The molecule has 1 fully saturated rings. The second kappa shape index (κ2) is 7.51. The highest BCUT2D eigenvalue weighted by atomic mass is 32.2. The molecule has 0 spiro atoms. The van der Waals surface area contributed by atoms with Gasteiger partial charge in [-0.05, 0) is 53.9 Å². The van der Waals surface area contributed by atoms with Crippen LogP contribution in [0.15, 0.2) is 60.7 Å². The summed E-state index contributed by atoms with van der Waals surface area (Å²) in [4.78, 5) is 1.39. The molecule has 1 heterocycles. The van der Waals surface area contributed by atoms with E-state index < -0.39 is 0 Å². The van der Waals surface area contributed by atoms with Crippen molar-refractivity contribution in [3.8, 4) is 5.75 Å². The van der Waals surface area contributed by atoms with E-state index >= 15 is 0 Å². The van der Waals surface area contributed by atoms with Crippen LogP contribution in [0.2, 0.25) is 0 Å². The van der Waals surface area contributed by atoms with Crippen LogP contribution in [0, 0.1) is 11.8 Å². The number of rotatable bonds is 3. The second-order valence-electron chi connectivity index (χ2n) is 6.96. The standard InChI is InChI=1S/C22H24OS2/c1-23-17-12-10-15(11-13-17)18-8-5-9-19-20(18)14-21(25-22(19)24)16-6-3-2-4-7-16/h2-4,6-7,10-14,18-20,22,24H,5,8-9H2,1H3. The van der Waals surface area contributed by atoms with Gasteiger partial charge < -0.3 is 4.74 Å². The Balaban J connectivity index is 1.68. The summed E-state index contributed by atoms with van der Waals surface area (Å²) < 4.78 is 5.71. The Morgan fingerprint density at radius 2 is 1.76 bits per heavy atom. The Kier molecular flexibility index (Phi) is 5.14. The number of fused-ring (bicyclic) bond motifs is 1. The van der Waals surface area contributed by atoms with E-state index in [1.807, 2.05) is 11.8 Å². The lowest BCUT2D eigenvalue weighted by atomic mass is 9.69. The maximum Gasteiger partial charge on any atom is 0.118 e. The van der Waals surface area contributed by atoms with E-state index in [4.69, 9.17) is 17.4 Å². The molecule has 130 valence electrons. The second-order valence-corrected chi connectivity index (χ2v) is 9.05. The predicted molar refractivity (Wildman–Crippen MR) is 111 cm³/mol. The number of benzene rings is 2. The molecule has 1 nitrogen and oxygen atoms in total. The molecule has 2 aliphatic rings. The van der Waals surface area contributed by atoms with Gasteiger partial charge in [-0.2, -0.15) is 12.6 Å². The Labute approximate surface area is 160 Å². The maximum atomic E-state index is 5.33. The lowest BCUT2D eigenvalue weighted by Crippen LogP contribution is -2.32. The van der Waals surface area contributed by atoms with Crippen LogP contribution in [0.4, 0.5) is 0 Å². The van der Waals surface area contributed by atoms with Crippen molar-refractivity contribution in [2.75, 3.05) is 7.11 Å². The molecule has 1 saturated carbocycles. The highest BCUT2D eigenvalue weighted by Gasteiger charge is 2.39. The maximum absolute atomic E-state index is 5.33. The van der Waals surface area contributed by atoms with Crippen molar-refractivity contribution in [2.45, 2.75) is 29.8 Å². The summed E-state index contributed by atoms with van der Waals surface area (Å²) in [6.45, 7) is 0. The zero-order valence-corrected chi connectivity index (χ0v) is 16.2. The molecule has 4 atom stereocenters. The minimum atomic E-state index is 0.381. The van der Waals surface area contributed by atoms with Crippen molar-refractivity contribution in [3.63, 3.8) is 0 Å². The van der Waals surface area contributed by atoms with E-state index in [1.165, 1.54) is 35.3 Å². The highest BCUT2D eigenvalue weighted by Crippen LogP contribution is 2.53. The van der Waals surface area contributed by atoms with Crippen LogP contribution in [-0.2, 0) is 0 Å². The average molecular weight is 369 g/mol. The van der Waals surface area contributed by atoms with E-state index in [2.05, 4.69) is 60.7 Å². The number of thiol groups is 1.